The highest BCUT2D eigenvalue weighted by Gasteiger charge is 2.45. The Bertz CT molecular complexity index is 1040. The van der Waals surface area contributed by atoms with E-state index in [0.717, 1.165) is 6.42 Å². The smallest absolute Gasteiger partial charge is 0.255 e. The number of carbonyl (C=O) groups excluding carboxylic acids is 2. The number of fused-ring (bicyclic) bond motifs is 1. The van der Waals surface area contributed by atoms with Crippen LogP contribution in [-0.2, 0) is 4.79 Å². The van der Waals surface area contributed by atoms with E-state index in [1.807, 2.05) is 4.90 Å². The summed E-state index contributed by atoms with van der Waals surface area (Å²) in [4.78, 5) is 41.0. The molecule has 1 atom stereocenters. The van der Waals surface area contributed by atoms with Crippen LogP contribution in [0.5, 0.6) is 0 Å². The third kappa shape index (κ3) is 4.99. The molecule has 2 fully saturated rings. The van der Waals surface area contributed by atoms with Gasteiger partial charge in [0.05, 0.1) is 11.8 Å². The van der Waals surface area contributed by atoms with Crippen molar-refractivity contribution >= 4 is 28.8 Å². The van der Waals surface area contributed by atoms with Gasteiger partial charge in [-0.05, 0) is 24.3 Å². The Labute approximate surface area is 191 Å². The van der Waals surface area contributed by atoms with Crippen LogP contribution >= 0.6 is 0 Å². The number of anilines is 1. The summed E-state index contributed by atoms with van der Waals surface area (Å²) in [7, 11) is 0. The van der Waals surface area contributed by atoms with Crippen LogP contribution in [-0.4, -0.2) is 69.8 Å². The number of nitrogens with zero attached hydrogens (tertiary/aromatic N) is 4. The number of piperazine rings is 1. The first kappa shape index (κ1) is 23.1. The molecule has 3 heterocycles. The van der Waals surface area contributed by atoms with Gasteiger partial charge in [0.2, 0.25) is 11.8 Å². The molecule has 33 heavy (non-hydrogen) atoms. The molecular formula is C23H30F2N6O2. The molecule has 0 bridgehead atoms. The van der Waals surface area contributed by atoms with Crippen molar-refractivity contribution < 1.29 is 18.4 Å². The topological polar surface area (TPSA) is 94.2 Å². The molecule has 10 heteroatoms. The Hall–Kier alpha value is -3.04. The molecule has 2 aromatic heterocycles. The summed E-state index contributed by atoms with van der Waals surface area (Å²) < 4.78 is 26.1. The lowest BCUT2D eigenvalue weighted by molar-refractivity contribution is -0.129. The number of H-pyrrole nitrogens is 1. The Balaban J connectivity index is 1.49. The molecule has 2 amide bonds. The van der Waals surface area contributed by atoms with Crippen LogP contribution in [0.4, 0.5) is 14.6 Å². The largest absolute Gasteiger partial charge is 0.352 e. The molecule has 0 unspecified atom stereocenters. The summed E-state index contributed by atoms with van der Waals surface area (Å²) >= 11 is 0. The van der Waals surface area contributed by atoms with E-state index < -0.39 is 5.92 Å². The van der Waals surface area contributed by atoms with Gasteiger partial charge in [0.25, 0.3) is 5.91 Å². The molecule has 1 saturated carbocycles. The lowest BCUT2D eigenvalue weighted by Crippen LogP contribution is -2.55. The minimum Gasteiger partial charge on any atom is -0.352 e. The maximum absolute atomic E-state index is 13.0. The Morgan fingerprint density at radius 2 is 2.12 bits per heavy atom. The second-order valence-electron chi connectivity index (χ2n) is 9.43. The lowest BCUT2D eigenvalue weighted by Gasteiger charge is -2.42. The quantitative estimate of drug-likeness (QED) is 0.620. The Kier molecular flexibility index (Phi) is 6.36. The first-order valence-corrected chi connectivity index (χ1v) is 11.3. The van der Waals surface area contributed by atoms with Gasteiger partial charge in [0, 0.05) is 51.3 Å². The first-order valence-electron chi connectivity index (χ1n) is 11.3. The zero-order valence-corrected chi connectivity index (χ0v) is 19.0. The van der Waals surface area contributed by atoms with Gasteiger partial charge >= 0.3 is 0 Å². The molecule has 4 rings (SSSR count). The van der Waals surface area contributed by atoms with Crippen LogP contribution in [0.1, 0.15) is 43.5 Å². The van der Waals surface area contributed by atoms with Crippen molar-refractivity contribution in [2.24, 2.45) is 11.8 Å². The first-order chi connectivity index (χ1) is 15.7. The highest BCUT2D eigenvalue weighted by molar-refractivity contribution is 6.04. The van der Waals surface area contributed by atoms with Gasteiger partial charge in [-0.25, -0.2) is 18.7 Å². The molecule has 178 valence electrons. The van der Waals surface area contributed by atoms with Gasteiger partial charge in [0.15, 0.2) is 5.65 Å². The predicted molar refractivity (Wildman–Crippen MR) is 121 cm³/mol. The average Bonchev–Trinajstić information content (AvgIpc) is 3.18. The summed E-state index contributed by atoms with van der Waals surface area (Å²) in [5.74, 6) is -2.20. The van der Waals surface area contributed by atoms with Crippen LogP contribution in [0.3, 0.4) is 0 Å². The maximum Gasteiger partial charge on any atom is 0.255 e. The number of halogens is 2. The number of hydrogen-bond acceptors (Lipinski definition) is 5. The number of amides is 2. The van der Waals surface area contributed by atoms with Gasteiger partial charge < -0.3 is 20.1 Å². The normalized spacial score (nSPS) is 20.7. The van der Waals surface area contributed by atoms with Gasteiger partial charge in [0.1, 0.15) is 11.3 Å². The van der Waals surface area contributed by atoms with E-state index in [1.54, 1.807) is 12.4 Å². The molecule has 2 aliphatic rings. The molecule has 2 N–H and O–H groups in total. The highest BCUT2D eigenvalue weighted by Crippen LogP contribution is 2.41. The standard InChI is InChI=1S/C23H30F2N6O2/c1-4-19(32)31-6-5-30(13-16(31)7-14(2)3)18-12-27-21-20(29-18)17(11-26-21)22(33)28-10-15-8-23(24,25)9-15/h4,11-12,14-16H,1,5-10,13H2,2-3H3,(H,26,27)(H,28,33)/t16-/m0/s1. The van der Waals surface area contributed by atoms with Crippen LogP contribution in [0.25, 0.3) is 11.2 Å². The molecule has 0 aromatic carbocycles. The van der Waals surface area contributed by atoms with Crippen molar-refractivity contribution in [1.82, 2.24) is 25.2 Å². The van der Waals surface area contributed by atoms with E-state index in [0.29, 0.717) is 48.1 Å². The summed E-state index contributed by atoms with van der Waals surface area (Å²) in [6, 6.07) is 0.0244. The van der Waals surface area contributed by atoms with Crippen LogP contribution in [0, 0.1) is 11.8 Å². The summed E-state index contributed by atoms with van der Waals surface area (Å²) in [6.07, 6.45) is 5.02. The zero-order valence-electron chi connectivity index (χ0n) is 19.0. The van der Waals surface area contributed by atoms with Crippen molar-refractivity contribution in [3.63, 3.8) is 0 Å². The molecule has 0 radical (unpaired) electrons. The van der Waals surface area contributed by atoms with E-state index >= 15 is 0 Å². The van der Waals surface area contributed by atoms with Crippen molar-refractivity contribution in [3.8, 4) is 0 Å². The molecule has 0 spiro atoms. The number of alkyl halides is 2. The highest BCUT2D eigenvalue weighted by atomic mass is 19.3. The third-order valence-electron chi connectivity index (χ3n) is 6.35. The van der Waals surface area contributed by atoms with Crippen LogP contribution in [0.15, 0.2) is 25.0 Å². The SMILES string of the molecule is C=CC(=O)N1CCN(c2cnc3[nH]cc(C(=O)NCC4CC(F)(F)C4)c3n2)C[C@@H]1CC(C)C. The number of aromatic amines is 1. The number of hydrogen-bond donors (Lipinski definition) is 2. The predicted octanol–water partition coefficient (Wildman–Crippen LogP) is 2.98. The van der Waals surface area contributed by atoms with E-state index in [1.165, 1.54) is 6.08 Å². The van der Waals surface area contributed by atoms with Crippen molar-refractivity contribution in [3.05, 3.63) is 30.6 Å². The molecule has 1 aliphatic carbocycles. The van der Waals surface area contributed by atoms with E-state index in [4.69, 9.17) is 4.98 Å². The fourth-order valence-electron chi connectivity index (χ4n) is 4.69. The fraction of sp³-hybridized carbons (Fsp3) is 0.565. The van der Waals surface area contributed by atoms with Crippen molar-refractivity contribution in [2.75, 3.05) is 31.1 Å². The molecule has 1 aliphatic heterocycles. The fourth-order valence-corrected chi connectivity index (χ4v) is 4.69. The summed E-state index contributed by atoms with van der Waals surface area (Å²) in [5.41, 5.74) is 1.26. The second-order valence-corrected chi connectivity index (χ2v) is 9.43. The minimum absolute atomic E-state index is 0.0244. The minimum atomic E-state index is -2.61. The molecule has 2 aromatic rings. The number of rotatable bonds is 7. The monoisotopic (exact) mass is 460 g/mol. The third-order valence-corrected chi connectivity index (χ3v) is 6.35. The number of aromatic nitrogens is 3. The van der Waals surface area contributed by atoms with Crippen LogP contribution < -0.4 is 10.2 Å². The van der Waals surface area contributed by atoms with Gasteiger partial charge in [-0.1, -0.05) is 20.4 Å². The van der Waals surface area contributed by atoms with E-state index in [-0.39, 0.29) is 43.2 Å². The second kappa shape index (κ2) is 9.07. The van der Waals surface area contributed by atoms with Crippen molar-refractivity contribution in [2.45, 2.75) is 45.1 Å². The molecule has 1 saturated heterocycles. The summed E-state index contributed by atoms with van der Waals surface area (Å²) in [6.45, 7) is 9.83. The van der Waals surface area contributed by atoms with E-state index in [9.17, 15) is 18.4 Å². The Morgan fingerprint density at radius 3 is 2.79 bits per heavy atom. The number of carbonyl (C=O) groups is 2. The lowest BCUT2D eigenvalue weighted by atomic mass is 9.81. The van der Waals surface area contributed by atoms with Gasteiger partial charge in [-0.3, -0.25) is 9.59 Å². The average molecular weight is 461 g/mol. The molecular weight excluding hydrogens is 430 g/mol. The van der Waals surface area contributed by atoms with Gasteiger partial charge in [-0.15, -0.1) is 0 Å². The van der Waals surface area contributed by atoms with Crippen molar-refractivity contribution in [1.29, 1.82) is 0 Å². The van der Waals surface area contributed by atoms with Crippen LogP contribution in [0.2, 0.25) is 0 Å². The van der Waals surface area contributed by atoms with Gasteiger partial charge in [-0.2, -0.15) is 0 Å². The maximum atomic E-state index is 13.0. The summed E-state index contributed by atoms with van der Waals surface area (Å²) in [5, 5.41) is 2.74. The Morgan fingerprint density at radius 1 is 1.36 bits per heavy atom. The zero-order chi connectivity index (χ0) is 23.8. The number of nitrogens with one attached hydrogen (secondary N) is 2. The molecule has 8 nitrogen and oxygen atoms in total. The van der Waals surface area contributed by atoms with E-state index in [2.05, 4.69) is 40.6 Å².